The van der Waals surface area contributed by atoms with Crippen LogP contribution in [0.1, 0.15) is 0 Å². The Morgan fingerprint density at radius 2 is 2.17 bits per heavy atom. The number of fused-ring (bicyclic) bond motifs is 1. The fourth-order valence-electron chi connectivity index (χ4n) is 1.13. The van der Waals surface area contributed by atoms with Crippen LogP contribution < -0.4 is 11.3 Å². The largest absolute Gasteiger partial charge is 0.397 e. The number of pyridine rings is 2. The smallest absolute Gasteiger partial charge is 0.257 e. The highest BCUT2D eigenvalue weighted by atomic mass is 16.1. The Kier molecular flexibility index (Phi) is 1.33. The molecule has 0 aromatic carbocycles. The number of rotatable bonds is 0. The molecule has 0 spiro atoms. The van der Waals surface area contributed by atoms with Gasteiger partial charge in [0.1, 0.15) is 0 Å². The molecule has 0 atom stereocenters. The van der Waals surface area contributed by atoms with Gasteiger partial charge in [0, 0.05) is 17.8 Å². The number of aromatic amines is 1. The van der Waals surface area contributed by atoms with Crippen LogP contribution in [0.4, 0.5) is 5.69 Å². The third-order valence-corrected chi connectivity index (χ3v) is 1.73. The minimum Gasteiger partial charge on any atom is -0.397 e. The van der Waals surface area contributed by atoms with Gasteiger partial charge in [-0.15, -0.1) is 0 Å². The van der Waals surface area contributed by atoms with E-state index in [4.69, 9.17) is 5.73 Å². The summed E-state index contributed by atoms with van der Waals surface area (Å²) in [7, 11) is 0. The molecule has 3 N–H and O–H groups in total. The van der Waals surface area contributed by atoms with E-state index in [1.54, 1.807) is 12.3 Å². The number of hydrogen-bond acceptors (Lipinski definition) is 3. The van der Waals surface area contributed by atoms with Gasteiger partial charge in [-0.3, -0.25) is 9.78 Å². The molecule has 2 heterocycles. The van der Waals surface area contributed by atoms with Crippen molar-refractivity contribution in [2.24, 2.45) is 0 Å². The maximum Gasteiger partial charge on any atom is 0.257 e. The molecule has 0 aliphatic heterocycles. The molecule has 0 unspecified atom stereocenters. The zero-order valence-electron chi connectivity index (χ0n) is 6.24. The number of hydrogen-bond donors (Lipinski definition) is 2. The number of nitrogens with two attached hydrogens (primary N) is 1. The van der Waals surface area contributed by atoms with Crippen LogP contribution in [0.15, 0.2) is 29.5 Å². The van der Waals surface area contributed by atoms with Gasteiger partial charge in [0.25, 0.3) is 5.56 Å². The third kappa shape index (κ3) is 0.852. The fraction of sp³-hybridized carbons (Fsp3) is 0. The second-order valence-corrected chi connectivity index (χ2v) is 2.50. The van der Waals surface area contributed by atoms with Gasteiger partial charge >= 0.3 is 0 Å². The van der Waals surface area contributed by atoms with E-state index >= 15 is 0 Å². The molecule has 0 saturated carbocycles. The molecular formula is C8H7N3O. The molecule has 2 aromatic heterocycles. The molecule has 60 valence electrons. The summed E-state index contributed by atoms with van der Waals surface area (Å²) in [5.74, 6) is 0. The SMILES string of the molecule is Nc1cncc2c(=O)[nH]ccc12. The topological polar surface area (TPSA) is 71.8 Å². The lowest BCUT2D eigenvalue weighted by molar-refractivity contribution is 1.26. The van der Waals surface area contributed by atoms with Crippen molar-refractivity contribution in [3.63, 3.8) is 0 Å². The van der Waals surface area contributed by atoms with Crippen molar-refractivity contribution in [1.82, 2.24) is 9.97 Å². The Morgan fingerprint density at radius 3 is 2.92 bits per heavy atom. The summed E-state index contributed by atoms with van der Waals surface area (Å²) in [6.45, 7) is 0. The lowest BCUT2D eigenvalue weighted by Crippen LogP contribution is -2.05. The van der Waals surface area contributed by atoms with Crippen LogP contribution in [0.5, 0.6) is 0 Å². The van der Waals surface area contributed by atoms with Gasteiger partial charge in [0.15, 0.2) is 0 Å². The summed E-state index contributed by atoms with van der Waals surface area (Å²) < 4.78 is 0. The van der Waals surface area contributed by atoms with Crippen LogP contribution in [0.25, 0.3) is 10.8 Å². The van der Waals surface area contributed by atoms with Crippen molar-refractivity contribution >= 4 is 16.5 Å². The molecule has 4 heteroatoms. The first kappa shape index (κ1) is 6.84. The molecule has 2 rings (SSSR count). The summed E-state index contributed by atoms with van der Waals surface area (Å²) in [5.41, 5.74) is 5.98. The molecule has 0 amide bonds. The summed E-state index contributed by atoms with van der Waals surface area (Å²) in [4.78, 5) is 17.6. The Labute approximate surface area is 68.1 Å². The van der Waals surface area contributed by atoms with Gasteiger partial charge in [0.2, 0.25) is 0 Å². The number of nitrogen functional groups attached to an aromatic ring is 1. The Bertz CT molecular complexity index is 475. The monoisotopic (exact) mass is 161 g/mol. The molecule has 12 heavy (non-hydrogen) atoms. The minimum atomic E-state index is -0.160. The quantitative estimate of drug-likeness (QED) is 0.591. The highest BCUT2D eigenvalue weighted by Crippen LogP contribution is 2.13. The van der Waals surface area contributed by atoms with Crippen LogP contribution in [-0.4, -0.2) is 9.97 Å². The lowest BCUT2D eigenvalue weighted by atomic mass is 10.2. The minimum absolute atomic E-state index is 0.160. The van der Waals surface area contributed by atoms with E-state index in [0.29, 0.717) is 11.1 Å². The highest BCUT2D eigenvalue weighted by molar-refractivity contribution is 5.90. The molecule has 0 aliphatic carbocycles. The highest BCUT2D eigenvalue weighted by Gasteiger charge is 1.99. The third-order valence-electron chi connectivity index (χ3n) is 1.73. The van der Waals surface area contributed by atoms with Gasteiger partial charge in [-0.1, -0.05) is 0 Å². The van der Waals surface area contributed by atoms with Crippen LogP contribution >= 0.6 is 0 Å². The predicted molar refractivity (Wildman–Crippen MR) is 46.8 cm³/mol. The molecule has 0 radical (unpaired) electrons. The standard InChI is InChI=1S/C8H7N3O/c9-7-4-10-3-6-5(7)1-2-11-8(6)12/h1-4H,9H2,(H,11,12). The second-order valence-electron chi connectivity index (χ2n) is 2.50. The molecule has 0 fully saturated rings. The van der Waals surface area contributed by atoms with Gasteiger partial charge in [-0.05, 0) is 6.07 Å². The van der Waals surface area contributed by atoms with E-state index in [-0.39, 0.29) is 5.56 Å². The van der Waals surface area contributed by atoms with Gasteiger partial charge in [-0.25, -0.2) is 0 Å². The van der Waals surface area contributed by atoms with Crippen molar-refractivity contribution in [2.75, 3.05) is 5.73 Å². The Balaban J connectivity index is 3.05. The maximum absolute atomic E-state index is 11.2. The van der Waals surface area contributed by atoms with Crippen molar-refractivity contribution < 1.29 is 0 Å². The number of nitrogens with zero attached hydrogens (tertiary/aromatic N) is 1. The van der Waals surface area contributed by atoms with Gasteiger partial charge < -0.3 is 10.7 Å². The molecular weight excluding hydrogens is 154 g/mol. The summed E-state index contributed by atoms with van der Waals surface area (Å²) in [6, 6.07) is 1.76. The Morgan fingerprint density at radius 1 is 1.33 bits per heavy atom. The first-order chi connectivity index (χ1) is 5.79. The average Bonchev–Trinajstić information content (AvgIpc) is 2.07. The maximum atomic E-state index is 11.2. The van der Waals surface area contributed by atoms with Crippen LogP contribution in [0, 0.1) is 0 Å². The van der Waals surface area contributed by atoms with Gasteiger partial charge in [-0.2, -0.15) is 0 Å². The van der Waals surface area contributed by atoms with Crippen molar-refractivity contribution in [3.05, 3.63) is 35.0 Å². The van der Waals surface area contributed by atoms with Crippen molar-refractivity contribution in [2.45, 2.75) is 0 Å². The summed E-state index contributed by atoms with van der Waals surface area (Å²) in [6.07, 6.45) is 4.60. The first-order valence-electron chi connectivity index (χ1n) is 3.50. The lowest BCUT2D eigenvalue weighted by Gasteiger charge is -1.97. The van der Waals surface area contributed by atoms with Crippen LogP contribution in [0.2, 0.25) is 0 Å². The van der Waals surface area contributed by atoms with Crippen LogP contribution in [-0.2, 0) is 0 Å². The first-order valence-corrected chi connectivity index (χ1v) is 3.50. The number of H-pyrrole nitrogens is 1. The number of anilines is 1. The molecule has 0 bridgehead atoms. The zero-order valence-corrected chi connectivity index (χ0v) is 6.24. The van der Waals surface area contributed by atoms with Crippen LogP contribution in [0.3, 0.4) is 0 Å². The number of nitrogens with one attached hydrogen (secondary N) is 1. The zero-order chi connectivity index (χ0) is 8.55. The van der Waals surface area contributed by atoms with E-state index < -0.39 is 0 Å². The van der Waals surface area contributed by atoms with Crippen molar-refractivity contribution in [3.8, 4) is 0 Å². The second kappa shape index (κ2) is 2.34. The van der Waals surface area contributed by atoms with E-state index in [0.717, 1.165) is 5.39 Å². The average molecular weight is 161 g/mol. The number of aromatic nitrogens is 2. The molecule has 0 saturated heterocycles. The fourth-order valence-corrected chi connectivity index (χ4v) is 1.13. The molecule has 2 aromatic rings. The summed E-state index contributed by atoms with van der Waals surface area (Å²) in [5, 5.41) is 1.27. The molecule has 0 aliphatic rings. The van der Waals surface area contributed by atoms with Gasteiger partial charge in [0.05, 0.1) is 17.3 Å². The van der Waals surface area contributed by atoms with E-state index in [1.807, 2.05) is 0 Å². The van der Waals surface area contributed by atoms with E-state index in [2.05, 4.69) is 9.97 Å². The Hall–Kier alpha value is -1.84. The van der Waals surface area contributed by atoms with E-state index in [1.165, 1.54) is 12.4 Å². The summed E-state index contributed by atoms with van der Waals surface area (Å²) >= 11 is 0. The van der Waals surface area contributed by atoms with Crippen molar-refractivity contribution in [1.29, 1.82) is 0 Å². The normalized spacial score (nSPS) is 10.3. The predicted octanol–water partition coefficient (Wildman–Crippen LogP) is 0.505. The molecule has 4 nitrogen and oxygen atoms in total. The van der Waals surface area contributed by atoms with E-state index in [9.17, 15) is 4.79 Å².